The molecule has 4 rings (SSSR count). The third kappa shape index (κ3) is 2.66. The molecule has 0 spiro atoms. The van der Waals surface area contributed by atoms with E-state index in [4.69, 9.17) is 5.11 Å². The number of hydrogen-bond donors (Lipinski definition) is 2. The van der Waals surface area contributed by atoms with Crippen LogP contribution in [0.3, 0.4) is 0 Å². The Bertz CT molecular complexity index is 880. The fourth-order valence-electron chi connectivity index (χ4n) is 6.87. The smallest absolute Gasteiger partial charge is 0.303 e. The van der Waals surface area contributed by atoms with E-state index in [-0.39, 0.29) is 47.6 Å². The first-order valence-electron chi connectivity index (χ1n) is 10.7. The van der Waals surface area contributed by atoms with Crippen molar-refractivity contribution in [3.8, 4) is 0 Å². The molecule has 0 aliphatic heterocycles. The van der Waals surface area contributed by atoms with Crippen molar-refractivity contribution in [3.63, 3.8) is 0 Å². The molecule has 0 heterocycles. The number of rotatable bonds is 4. The lowest BCUT2D eigenvalue weighted by atomic mass is 9.51. The van der Waals surface area contributed by atoms with Gasteiger partial charge in [-0.3, -0.25) is 14.4 Å². The predicted molar refractivity (Wildman–Crippen MR) is 108 cm³/mol. The van der Waals surface area contributed by atoms with E-state index in [1.807, 2.05) is 19.9 Å². The minimum absolute atomic E-state index is 0.0464. The molecule has 0 unspecified atom stereocenters. The zero-order valence-corrected chi connectivity index (χ0v) is 17.4. The van der Waals surface area contributed by atoms with Crippen molar-refractivity contribution in [2.75, 3.05) is 0 Å². The average molecular weight is 398 g/mol. The van der Waals surface area contributed by atoms with Crippen LogP contribution in [0.5, 0.6) is 0 Å². The summed E-state index contributed by atoms with van der Waals surface area (Å²) in [6, 6.07) is 0. The molecule has 0 aromatic rings. The fraction of sp³-hybridized carbons (Fsp3) is 0.625. The highest BCUT2D eigenvalue weighted by Gasteiger charge is 2.66. The van der Waals surface area contributed by atoms with Gasteiger partial charge >= 0.3 is 5.97 Å². The lowest BCUT2D eigenvalue weighted by molar-refractivity contribution is -0.160. The minimum atomic E-state index is -1.50. The van der Waals surface area contributed by atoms with Gasteiger partial charge in [0.1, 0.15) is 5.60 Å². The molecule has 5 nitrogen and oxygen atoms in total. The number of ketones is 2. The number of carboxylic acids is 1. The molecule has 4 aliphatic carbocycles. The van der Waals surface area contributed by atoms with Crippen LogP contribution in [-0.2, 0) is 14.4 Å². The van der Waals surface area contributed by atoms with Crippen molar-refractivity contribution < 1.29 is 24.6 Å². The lowest BCUT2D eigenvalue weighted by Gasteiger charge is -2.53. The first-order chi connectivity index (χ1) is 13.5. The number of carboxylic acid groups (broad SMARTS) is 1. The summed E-state index contributed by atoms with van der Waals surface area (Å²) < 4.78 is 0. The third-order valence-corrected chi connectivity index (χ3v) is 8.52. The average Bonchev–Trinajstić information content (AvgIpc) is 2.88. The van der Waals surface area contributed by atoms with Gasteiger partial charge < -0.3 is 10.2 Å². The molecule has 0 amide bonds. The fourth-order valence-corrected chi connectivity index (χ4v) is 6.87. The van der Waals surface area contributed by atoms with Gasteiger partial charge in [-0.15, -0.1) is 0 Å². The minimum Gasteiger partial charge on any atom is -0.481 e. The van der Waals surface area contributed by atoms with Gasteiger partial charge in [0.25, 0.3) is 0 Å². The number of aliphatic carboxylic acids is 1. The summed E-state index contributed by atoms with van der Waals surface area (Å²) in [5, 5.41) is 20.7. The summed E-state index contributed by atoms with van der Waals surface area (Å²) in [5.74, 6) is -1.08. The van der Waals surface area contributed by atoms with Crippen LogP contribution in [0.2, 0.25) is 0 Å². The van der Waals surface area contributed by atoms with E-state index in [2.05, 4.69) is 13.0 Å². The highest BCUT2D eigenvalue weighted by Crippen LogP contribution is 2.66. The lowest BCUT2D eigenvalue weighted by Crippen LogP contribution is -2.56. The maximum absolute atomic E-state index is 13.0. The van der Waals surface area contributed by atoms with Crippen molar-refractivity contribution in [3.05, 3.63) is 35.5 Å². The number of carbonyl (C=O) groups is 3. The van der Waals surface area contributed by atoms with Crippen LogP contribution in [0.1, 0.15) is 59.3 Å². The molecule has 0 aromatic carbocycles. The summed E-state index contributed by atoms with van der Waals surface area (Å²) in [7, 11) is 0. The number of allylic oxidation sites excluding steroid dienone is 6. The Morgan fingerprint density at radius 2 is 1.97 bits per heavy atom. The molecular weight excluding hydrogens is 368 g/mol. The first-order valence-corrected chi connectivity index (χ1v) is 10.7. The second-order valence-electron chi connectivity index (χ2n) is 9.86. The van der Waals surface area contributed by atoms with Gasteiger partial charge in [0, 0.05) is 17.3 Å². The highest BCUT2D eigenvalue weighted by atomic mass is 16.4. The van der Waals surface area contributed by atoms with Crippen LogP contribution in [-0.4, -0.2) is 33.3 Å². The molecule has 0 aromatic heterocycles. The third-order valence-electron chi connectivity index (χ3n) is 8.52. The number of fused-ring (bicyclic) bond motifs is 5. The molecule has 0 saturated heterocycles. The van der Waals surface area contributed by atoms with Crippen LogP contribution >= 0.6 is 0 Å². The quantitative estimate of drug-likeness (QED) is 0.706. The van der Waals surface area contributed by atoms with Crippen molar-refractivity contribution in [2.45, 2.75) is 64.9 Å². The normalized spacial score (nSPS) is 43.0. The molecule has 0 radical (unpaired) electrons. The van der Waals surface area contributed by atoms with Crippen molar-refractivity contribution in [1.82, 2.24) is 0 Å². The van der Waals surface area contributed by atoms with E-state index in [0.717, 1.165) is 24.8 Å². The molecule has 29 heavy (non-hydrogen) atoms. The van der Waals surface area contributed by atoms with Gasteiger partial charge in [0.2, 0.25) is 0 Å². The van der Waals surface area contributed by atoms with E-state index < -0.39 is 17.0 Å². The summed E-state index contributed by atoms with van der Waals surface area (Å²) in [4.78, 5) is 35.9. The van der Waals surface area contributed by atoms with Crippen molar-refractivity contribution >= 4 is 17.5 Å². The Labute approximate surface area is 171 Å². The number of Topliss-reactive ketones (excluding diaryl/α,β-unsaturated/α-hetero) is 1. The van der Waals surface area contributed by atoms with Crippen molar-refractivity contribution in [2.24, 2.45) is 28.6 Å². The molecule has 156 valence electrons. The molecule has 5 heteroatoms. The molecule has 4 aliphatic rings. The maximum atomic E-state index is 13.0. The van der Waals surface area contributed by atoms with E-state index in [1.165, 1.54) is 5.57 Å². The number of carbonyl (C=O) groups excluding carboxylic acids is 2. The van der Waals surface area contributed by atoms with Crippen LogP contribution in [0, 0.1) is 28.6 Å². The summed E-state index contributed by atoms with van der Waals surface area (Å²) in [6.45, 7) is 6.11. The number of aliphatic hydroxyl groups is 1. The van der Waals surface area contributed by atoms with Crippen LogP contribution in [0.4, 0.5) is 0 Å². The monoisotopic (exact) mass is 398 g/mol. The zero-order valence-electron chi connectivity index (χ0n) is 17.4. The second-order valence-corrected chi connectivity index (χ2v) is 9.86. The van der Waals surface area contributed by atoms with Gasteiger partial charge in [-0.1, -0.05) is 37.1 Å². The highest BCUT2D eigenvalue weighted by molar-refractivity contribution is 6.01. The molecule has 2 fully saturated rings. The molecule has 2 N–H and O–H groups in total. The molecular formula is C24H30O5. The summed E-state index contributed by atoms with van der Waals surface area (Å²) >= 11 is 0. The topological polar surface area (TPSA) is 91.7 Å². The van der Waals surface area contributed by atoms with E-state index in [9.17, 15) is 19.5 Å². The Morgan fingerprint density at radius 3 is 2.66 bits per heavy atom. The van der Waals surface area contributed by atoms with E-state index in [1.54, 1.807) is 12.2 Å². The first kappa shape index (κ1) is 20.3. The maximum Gasteiger partial charge on any atom is 0.303 e. The molecule has 6 atom stereocenters. The van der Waals surface area contributed by atoms with Gasteiger partial charge in [0.05, 0.1) is 6.42 Å². The standard InChI is InChI=1S/C24H30O5/c1-14-12-19-17-5-4-15-13-16(25)8-10-22(15,2)18(17)9-11-23(19,3)24(14,29)20(26)6-7-21(27)28/h8-10,13-14,17,19,29H,4-7,11-12H2,1-3H3,(H,27,28)/t14-,17-,19+,22+,23+,24+/m1/s1. The Hall–Kier alpha value is -2.01. The zero-order chi connectivity index (χ0) is 21.2. The Kier molecular flexibility index (Phi) is 4.54. The van der Waals surface area contributed by atoms with E-state index >= 15 is 0 Å². The summed E-state index contributed by atoms with van der Waals surface area (Å²) in [5.41, 5.74) is 0.132. The Morgan fingerprint density at radius 1 is 1.24 bits per heavy atom. The second kappa shape index (κ2) is 6.49. The molecule has 0 bridgehead atoms. The van der Waals surface area contributed by atoms with Crippen LogP contribution < -0.4 is 0 Å². The van der Waals surface area contributed by atoms with E-state index in [0.29, 0.717) is 6.42 Å². The SMILES string of the molecule is C[C@@H]1C[C@H]2[C@@H]3CCC4=CC(=O)C=C[C@]4(C)C3=CC[C@]2(C)[C@@]1(O)C(=O)CCC(=O)O. The van der Waals surface area contributed by atoms with Gasteiger partial charge in [-0.2, -0.15) is 0 Å². The van der Waals surface area contributed by atoms with Crippen LogP contribution in [0.15, 0.2) is 35.5 Å². The van der Waals surface area contributed by atoms with Gasteiger partial charge in [-0.25, -0.2) is 0 Å². The predicted octanol–water partition coefficient (Wildman–Crippen LogP) is 3.63. The Balaban J connectivity index is 1.71. The van der Waals surface area contributed by atoms with Gasteiger partial charge in [-0.05, 0) is 62.5 Å². The van der Waals surface area contributed by atoms with Crippen LogP contribution in [0.25, 0.3) is 0 Å². The summed E-state index contributed by atoms with van der Waals surface area (Å²) in [6.07, 6.45) is 10.4. The number of hydrogen-bond acceptors (Lipinski definition) is 4. The molecule has 2 saturated carbocycles. The van der Waals surface area contributed by atoms with Gasteiger partial charge in [0.15, 0.2) is 11.6 Å². The largest absolute Gasteiger partial charge is 0.481 e. The van der Waals surface area contributed by atoms with Crippen molar-refractivity contribution in [1.29, 1.82) is 0 Å².